The van der Waals surface area contributed by atoms with Crippen molar-refractivity contribution in [3.05, 3.63) is 0 Å². The van der Waals surface area contributed by atoms with Crippen LogP contribution in [0, 0.1) is 196 Å². The minimum absolute atomic E-state index is 0. The third-order valence-corrected chi connectivity index (χ3v) is 0. The van der Waals surface area contributed by atoms with Crippen LogP contribution >= 0.6 is 0 Å². The largest absolute Gasteiger partial charge is 0 e. The van der Waals surface area contributed by atoms with E-state index in [-0.39, 0.29) is 218 Å². The van der Waals surface area contributed by atoms with Gasteiger partial charge in [0.05, 0.1) is 0 Å². The van der Waals surface area contributed by atoms with Crippen LogP contribution < -0.4 is 0 Å². The summed E-state index contributed by atoms with van der Waals surface area (Å²) in [5, 5.41) is 0. The van der Waals surface area contributed by atoms with Crippen molar-refractivity contribution in [2.45, 2.75) is 0 Å². The van der Waals surface area contributed by atoms with Gasteiger partial charge in [-0.15, -0.1) is 0 Å². The molecule has 5 heavy (non-hydrogen) atoms. The van der Waals surface area contributed by atoms with Crippen LogP contribution in [-0.2, 0) is 22.4 Å². The number of rotatable bonds is 0. The Morgan fingerprint density at radius 1 is 0.400 bits per heavy atom. The molecule has 0 bridgehead atoms. The Hall–Kier alpha value is 7.03. The summed E-state index contributed by atoms with van der Waals surface area (Å²) in [6.07, 6.45) is 0. The maximum absolute atomic E-state index is 0. The number of hydrogen-bond acceptors (Lipinski definition) is 0. The summed E-state index contributed by atoms with van der Waals surface area (Å²) in [5.41, 5.74) is 0. The van der Waals surface area contributed by atoms with Gasteiger partial charge in [-0.1, -0.05) is 0 Å². The van der Waals surface area contributed by atoms with E-state index in [1.54, 1.807) is 0 Å². The molecule has 0 atom stereocenters. The van der Waals surface area contributed by atoms with Crippen LogP contribution in [0.15, 0.2) is 0 Å². The molecule has 0 amide bonds. The first kappa shape index (κ1) is 29.6. The van der Waals surface area contributed by atoms with Gasteiger partial charge in [0, 0.05) is 218 Å². The summed E-state index contributed by atoms with van der Waals surface area (Å²) in [6.45, 7) is 0. The second kappa shape index (κ2) is 22.5. The van der Waals surface area contributed by atoms with Gasteiger partial charge < -0.3 is 0 Å². The van der Waals surface area contributed by atoms with E-state index in [9.17, 15) is 0 Å². The molecule has 0 aromatic carbocycles. The molecule has 0 rings (SSSR count). The van der Waals surface area contributed by atoms with Crippen LogP contribution in [0.5, 0.6) is 0 Å². The zero-order valence-corrected chi connectivity index (χ0v) is 12.0. The van der Waals surface area contributed by atoms with E-state index in [0.29, 0.717) is 0 Å². The van der Waals surface area contributed by atoms with E-state index in [4.69, 9.17) is 0 Å². The van der Waals surface area contributed by atoms with Gasteiger partial charge in [-0.2, -0.15) is 0 Å². The molecule has 0 aliphatic rings. The smallest absolute Gasteiger partial charge is 0 e. The van der Waals surface area contributed by atoms with E-state index >= 15 is 0 Å². The Morgan fingerprint density at radius 3 is 0.400 bits per heavy atom. The molecule has 0 unspecified atom stereocenters. The topological polar surface area (TPSA) is 0 Å². The van der Waals surface area contributed by atoms with Gasteiger partial charge in [-0.05, 0) is 0 Å². The van der Waals surface area contributed by atoms with E-state index < -0.39 is 0 Å². The molecule has 0 heterocycles. The molecule has 0 saturated heterocycles. The third kappa shape index (κ3) is 18.2. The van der Waals surface area contributed by atoms with E-state index in [1.165, 1.54) is 0 Å². The molecule has 43 valence electrons. The minimum Gasteiger partial charge on any atom is 0 e. The normalized spacial score (nSPS) is 0. The summed E-state index contributed by atoms with van der Waals surface area (Å²) in [4.78, 5) is 0. The second-order valence-corrected chi connectivity index (χ2v) is 0. The molecule has 0 spiro atoms. The average molecular weight is 722 g/mol. The SMILES string of the molecule is [Au].[Xe].[Xe].[Xe].[Xe]. The summed E-state index contributed by atoms with van der Waals surface area (Å²) >= 11 is 0. The molecule has 0 fully saturated rings. The van der Waals surface area contributed by atoms with Crippen molar-refractivity contribution in [1.29, 1.82) is 0 Å². The van der Waals surface area contributed by atoms with Gasteiger partial charge in [0.25, 0.3) is 0 Å². The molecule has 0 aliphatic carbocycles. The zero-order valence-electron chi connectivity index (χ0n) is 1.72. The van der Waals surface area contributed by atoms with Crippen LogP contribution in [-0.4, -0.2) is 0 Å². The van der Waals surface area contributed by atoms with Crippen molar-refractivity contribution in [3.63, 3.8) is 0 Å². The van der Waals surface area contributed by atoms with Crippen LogP contribution in [0.4, 0.5) is 0 Å². The molecule has 1 radical (unpaired) electrons. The Kier molecular flexibility index (Phi) is 133. The monoisotopic (exact) mass is 725 g/mol. The Balaban J connectivity index is 0. The minimum atomic E-state index is 0. The van der Waals surface area contributed by atoms with Gasteiger partial charge in [0.2, 0.25) is 0 Å². The van der Waals surface area contributed by atoms with Crippen molar-refractivity contribution in [1.82, 2.24) is 0 Å². The van der Waals surface area contributed by atoms with Crippen molar-refractivity contribution in [2.24, 2.45) is 0 Å². The van der Waals surface area contributed by atoms with Gasteiger partial charge in [-0.25, -0.2) is 0 Å². The standard InChI is InChI=1S/Au.4Xe. The molecule has 0 saturated carbocycles. The van der Waals surface area contributed by atoms with Crippen molar-refractivity contribution in [3.8, 4) is 0 Å². The molecule has 0 aromatic heterocycles. The van der Waals surface area contributed by atoms with Crippen LogP contribution in [0.25, 0.3) is 0 Å². The van der Waals surface area contributed by atoms with Crippen molar-refractivity contribution in [2.75, 3.05) is 0 Å². The van der Waals surface area contributed by atoms with Crippen LogP contribution in [0.2, 0.25) is 0 Å². The predicted molar refractivity (Wildman–Crippen MR) is 0 cm³/mol. The third-order valence-electron chi connectivity index (χ3n) is 0. The van der Waals surface area contributed by atoms with Crippen LogP contribution in [0.1, 0.15) is 0 Å². The van der Waals surface area contributed by atoms with E-state index in [1.807, 2.05) is 0 Å². The molecule has 0 aliphatic heterocycles. The molecule has 0 N–H and O–H groups in total. The van der Waals surface area contributed by atoms with Gasteiger partial charge in [0.15, 0.2) is 0 Å². The fraction of sp³-hybridized carbons (Fsp3) is 0. The quantitative estimate of drug-likeness (QED) is 0.310. The summed E-state index contributed by atoms with van der Waals surface area (Å²) in [6, 6.07) is 0. The van der Waals surface area contributed by atoms with Crippen molar-refractivity contribution >= 4 is 0 Å². The summed E-state index contributed by atoms with van der Waals surface area (Å²) in [7, 11) is 0. The summed E-state index contributed by atoms with van der Waals surface area (Å²) in [5.74, 6) is 0. The average Bonchev–Trinajstić information content (AvgIpc) is 0. The zero-order chi connectivity index (χ0) is 0. The first-order valence-corrected chi connectivity index (χ1v) is 0. The Morgan fingerprint density at radius 2 is 0.400 bits per heavy atom. The molecule has 0 aromatic rings. The van der Waals surface area contributed by atoms with E-state index in [2.05, 4.69) is 0 Å². The molecular weight excluding hydrogens is 722 g/mol. The van der Waals surface area contributed by atoms with E-state index in [0.717, 1.165) is 0 Å². The first-order valence-electron chi connectivity index (χ1n) is 0. The molecule has 0 nitrogen and oxygen atoms in total. The second-order valence-electron chi connectivity index (χ2n) is 0. The predicted octanol–water partition coefficient (Wildman–Crippen LogP) is -0.00250. The van der Waals surface area contributed by atoms with Gasteiger partial charge >= 0.3 is 0 Å². The fourth-order valence-electron chi connectivity index (χ4n) is 0. The molecular formula is AuXe4. The molecule has 5 heteroatoms. The Bertz CT molecular complexity index is 3.61. The maximum Gasteiger partial charge on any atom is 0 e. The maximum atomic E-state index is 0. The number of hydrogen-bond donors (Lipinski definition) is 0. The Labute approximate surface area is 209 Å². The van der Waals surface area contributed by atoms with Gasteiger partial charge in [-0.3, -0.25) is 0 Å². The van der Waals surface area contributed by atoms with Crippen LogP contribution in [0.3, 0.4) is 0 Å². The fourth-order valence-corrected chi connectivity index (χ4v) is 0. The first-order chi connectivity index (χ1) is 0. The van der Waals surface area contributed by atoms with Crippen molar-refractivity contribution < 1.29 is 218 Å². The summed E-state index contributed by atoms with van der Waals surface area (Å²) < 4.78 is 0. The van der Waals surface area contributed by atoms with Gasteiger partial charge in [0.1, 0.15) is 0 Å².